The lowest BCUT2D eigenvalue weighted by Crippen LogP contribution is -2.14. The summed E-state index contributed by atoms with van der Waals surface area (Å²) in [5.74, 6) is -1.37. The molecule has 0 radical (unpaired) electrons. The van der Waals surface area contributed by atoms with E-state index in [0.717, 1.165) is 0 Å². The number of rotatable bonds is 7. The lowest BCUT2D eigenvalue weighted by molar-refractivity contribution is -0.112. The minimum atomic E-state index is -4.19. The molecule has 0 fully saturated rings. The van der Waals surface area contributed by atoms with E-state index < -0.39 is 22.0 Å². The van der Waals surface area contributed by atoms with Gasteiger partial charge in [0.2, 0.25) is 0 Å². The van der Waals surface area contributed by atoms with Crippen LogP contribution in [0.15, 0.2) is 86.1 Å². The number of carbonyl (C=O) groups is 2. The van der Waals surface area contributed by atoms with Crippen molar-refractivity contribution in [3.63, 3.8) is 0 Å². The Morgan fingerprint density at radius 3 is 2.29 bits per heavy atom. The second-order valence-corrected chi connectivity index (χ2v) is 10.2. The number of nitrogens with one attached hydrogen (secondary N) is 1. The van der Waals surface area contributed by atoms with Crippen LogP contribution in [0.5, 0.6) is 5.75 Å². The monoisotopic (exact) mass is 618 g/mol. The van der Waals surface area contributed by atoms with E-state index in [4.69, 9.17) is 4.18 Å². The third-order valence-electron chi connectivity index (χ3n) is 4.49. The fourth-order valence-electron chi connectivity index (χ4n) is 2.83. The Morgan fingerprint density at radius 2 is 1.69 bits per heavy atom. The predicted octanol–water partition coefficient (Wildman–Crippen LogP) is 5.31. The quantitative estimate of drug-likeness (QED) is 0.164. The Balaban J connectivity index is 1.93. The first-order valence-corrected chi connectivity index (χ1v) is 12.7. The van der Waals surface area contributed by atoms with Crippen molar-refractivity contribution in [2.24, 2.45) is 0 Å². The summed E-state index contributed by atoms with van der Waals surface area (Å²) in [6.45, 7) is 0. The Hall–Kier alpha value is -3.46. The van der Waals surface area contributed by atoms with Gasteiger partial charge in [-0.05, 0) is 70.5 Å². The maximum absolute atomic E-state index is 12.8. The van der Waals surface area contributed by atoms with Gasteiger partial charge in [-0.2, -0.15) is 13.7 Å². The van der Waals surface area contributed by atoms with Crippen LogP contribution >= 0.6 is 31.9 Å². The highest BCUT2D eigenvalue weighted by Gasteiger charge is 2.21. The molecule has 0 unspecified atom stereocenters. The number of ether oxygens (including phenoxy) is 1. The molecule has 0 aliphatic carbocycles. The van der Waals surface area contributed by atoms with Crippen LogP contribution in [0.25, 0.3) is 6.08 Å². The first-order chi connectivity index (χ1) is 16.6. The van der Waals surface area contributed by atoms with Crippen LogP contribution in [0.4, 0.5) is 5.69 Å². The molecule has 8 nitrogen and oxygen atoms in total. The molecule has 1 N–H and O–H groups in total. The third-order valence-corrected chi connectivity index (χ3v) is 6.77. The van der Waals surface area contributed by atoms with Crippen LogP contribution in [-0.2, 0) is 19.6 Å². The van der Waals surface area contributed by atoms with Gasteiger partial charge in [0.15, 0.2) is 5.75 Å². The SMILES string of the molecule is COC(=O)c1ccc(NC(=O)/C(C#N)=C/c2cc(Br)cc(Br)c2OS(=O)(=O)c2ccccc2)cc1. The highest BCUT2D eigenvalue weighted by atomic mass is 79.9. The number of hydrogen-bond acceptors (Lipinski definition) is 7. The zero-order chi connectivity index (χ0) is 25.6. The van der Waals surface area contributed by atoms with Gasteiger partial charge in [0.25, 0.3) is 5.91 Å². The molecule has 178 valence electrons. The number of methoxy groups -OCH3 is 1. The molecule has 0 spiro atoms. The zero-order valence-corrected chi connectivity index (χ0v) is 22.0. The predicted molar refractivity (Wildman–Crippen MR) is 136 cm³/mol. The van der Waals surface area contributed by atoms with Crippen LogP contribution in [0.3, 0.4) is 0 Å². The van der Waals surface area contributed by atoms with Crippen molar-refractivity contribution in [2.45, 2.75) is 4.90 Å². The van der Waals surface area contributed by atoms with Gasteiger partial charge in [-0.25, -0.2) is 4.79 Å². The van der Waals surface area contributed by atoms with Gasteiger partial charge in [-0.1, -0.05) is 34.1 Å². The van der Waals surface area contributed by atoms with Crippen molar-refractivity contribution in [1.29, 1.82) is 5.26 Å². The second kappa shape index (κ2) is 11.3. The van der Waals surface area contributed by atoms with E-state index in [-0.39, 0.29) is 26.3 Å². The Bertz CT molecular complexity index is 1450. The van der Waals surface area contributed by atoms with Gasteiger partial charge < -0.3 is 14.2 Å². The molecule has 0 saturated carbocycles. The van der Waals surface area contributed by atoms with Crippen molar-refractivity contribution in [1.82, 2.24) is 0 Å². The zero-order valence-electron chi connectivity index (χ0n) is 18.0. The van der Waals surface area contributed by atoms with E-state index in [0.29, 0.717) is 15.7 Å². The highest BCUT2D eigenvalue weighted by molar-refractivity contribution is 9.11. The average Bonchev–Trinajstić information content (AvgIpc) is 2.84. The molecule has 0 bridgehead atoms. The molecule has 0 heterocycles. The maximum atomic E-state index is 12.8. The average molecular weight is 620 g/mol. The summed E-state index contributed by atoms with van der Waals surface area (Å²) in [4.78, 5) is 24.2. The molecule has 3 rings (SSSR count). The number of anilines is 1. The molecule has 0 atom stereocenters. The molecule has 3 aromatic carbocycles. The Kier molecular flexibility index (Phi) is 8.45. The highest BCUT2D eigenvalue weighted by Crippen LogP contribution is 2.36. The third kappa shape index (κ3) is 6.57. The van der Waals surface area contributed by atoms with Crippen molar-refractivity contribution in [3.8, 4) is 11.8 Å². The fourth-order valence-corrected chi connectivity index (χ4v) is 5.27. The number of amides is 1. The molecule has 0 aliphatic rings. The van der Waals surface area contributed by atoms with E-state index >= 15 is 0 Å². The van der Waals surface area contributed by atoms with Gasteiger partial charge in [0, 0.05) is 15.7 Å². The first-order valence-electron chi connectivity index (χ1n) is 9.74. The molecular formula is C24H16Br2N2O6S. The lowest BCUT2D eigenvalue weighted by Gasteiger charge is -2.13. The van der Waals surface area contributed by atoms with E-state index in [1.54, 1.807) is 24.3 Å². The first kappa shape index (κ1) is 26.2. The number of esters is 1. The number of halogens is 2. The van der Waals surface area contributed by atoms with Crippen LogP contribution in [0, 0.1) is 11.3 Å². The molecule has 1 amide bonds. The van der Waals surface area contributed by atoms with Crippen LogP contribution in [-0.4, -0.2) is 27.4 Å². The molecular weight excluding hydrogens is 604 g/mol. The van der Waals surface area contributed by atoms with Crippen LogP contribution < -0.4 is 9.50 Å². The minimum absolute atomic E-state index is 0.0570. The smallest absolute Gasteiger partial charge is 0.339 e. The topological polar surface area (TPSA) is 123 Å². The van der Waals surface area contributed by atoms with Crippen molar-refractivity contribution < 1.29 is 26.9 Å². The molecule has 0 saturated heterocycles. The minimum Gasteiger partial charge on any atom is -0.465 e. The summed E-state index contributed by atoms with van der Waals surface area (Å²) in [5.41, 5.74) is 0.483. The standard InChI is InChI=1S/C24H16Br2N2O6S/c1-33-24(30)15-7-9-19(10-8-15)28-23(29)17(14-27)11-16-12-18(25)13-21(26)22(16)34-35(31,32)20-5-3-2-4-6-20/h2-13H,1H3,(H,28,29)/b17-11+. The van der Waals surface area contributed by atoms with E-state index in [2.05, 4.69) is 41.9 Å². The summed E-state index contributed by atoms with van der Waals surface area (Å²) in [6.07, 6.45) is 1.21. The summed E-state index contributed by atoms with van der Waals surface area (Å²) >= 11 is 6.59. The molecule has 3 aromatic rings. The Morgan fingerprint density at radius 1 is 1.03 bits per heavy atom. The number of carbonyl (C=O) groups excluding carboxylic acids is 2. The van der Waals surface area contributed by atoms with Crippen molar-refractivity contribution in [2.75, 3.05) is 12.4 Å². The van der Waals surface area contributed by atoms with Crippen molar-refractivity contribution >= 4 is 65.6 Å². The summed E-state index contributed by atoms with van der Waals surface area (Å²) in [6, 6.07) is 18.3. The van der Waals surface area contributed by atoms with Crippen LogP contribution in [0.2, 0.25) is 0 Å². The van der Waals surface area contributed by atoms with Gasteiger partial charge in [0.1, 0.15) is 16.5 Å². The summed E-state index contributed by atoms with van der Waals surface area (Å²) in [7, 11) is -2.94. The summed E-state index contributed by atoms with van der Waals surface area (Å²) < 4.78 is 36.4. The normalized spacial score (nSPS) is 11.3. The molecule has 0 aliphatic heterocycles. The summed E-state index contributed by atoms with van der Waals surface area (Å²) in [5, 5.41) is 12.2. The van der Waals surface area contributed by atoms with Crippen molar-refractivity contribution in [3.05, 3.63) is 92.4 Å². The molecule has 11 heteroatoms. The van der Waals surface area contributed by atoms with Gasteiger partial charge in [0.05, 0.1) is 17.1 Å². The number of nitrogens with zero attached hydrogens (tertiary/aromatic N) is 1. The molecule has 35 heavy (non-hydrogen) atoms. The number of hydrogen-bond donors (Lipinski definition) is 1. The number of nitriles is 1. The largest absolute Gasteiger partial charge is 0.465 e. The Labute approximate surface area is 218 Å². The lowest BCUT2D eigenvalue weighted by atomic mass is 10.1. The van der Waals surface area contributed by atoms with E-state index in [1.165, 1.54) is 55.7 Å². The van der Waals surface area contributed by atoms with Gasteiger partial charge >= 0.3 is 16.1 Å². The second-order valence-electron chi connectivity index (χ2n) is 6.85. The molecule has 0 aromatic heterocycles. The van der Waals surface area contributed by atoms with E-state index in [1.807, 2.05) is 6.07 Å². The maximum Gasteiger partial charge on any atom is 0.339 e. The van der Waals surface area contributed by atoms with E-state index in [9.17, 15) is 23.3 Å². The fraction of sp³-hybridized carbons (Fsp3) is 0.0417. The van der Waals surface area contributed by atoms with Gasteiger partial charge in [-0.3, -0.25) is 4.79 Å². The van der Waals surface area contributed by atoms with Gasteiger partial charge in [-0.15, -0.1) is 0 Å². The number of benzene rings is 3. The van der Waals surface area contributed by atoms with Crippen LogP contribution in [0.1, 0.15) is 15.9 Å².